The van der Waals surface area contributed by atoms with Crippen LogP contribution < -0.4 is 15.4 Å². The lowest BCUT2D eigenvalue weighted by molar-refractivity contribution is -0.118. The Morgan fingerprint density at radius 2 is 2.33 bits per heavy atom. The molecular weight excluding hydrogens is 250 g/mol. The molecule has 1 heterocycles. The van der Waals surface area contributed by atoms with Crippen LogP contribution in [-0.2, 0) is 4.79 Å². The Labute approximate surface area is 109 Å². The lowest BCUT2D eigenvalue weighted by Crippen LogP contribution is -2.26. The van der Waals surface area contributed by atoms with Gasteiger partial charge in [-0.25, -0.2) is 4.98 Å². The van der Waals surface area contributed by atoms with Crippen LogP contribution in [0.2, 0.25) is 0 Å². The number of hydrogen-bond donors (Lipinski definition) is 2. The van der Waals surface area contributed by atoms with Crippen molar-refractivity contribution in [1.29, 1.82) is 0 Å². The molecule has 0 spiro atoms. The molecule has 0 aliphatic carbocycles. The van der Waals surface area contributed by atoms with Crippen molar-refractivity contribution in [1.82, 2.24) is 10.3 Å². The predicted octanol–water partition coefficient (Wildman–Crippen LogP) is 1.85. The van der Waals surface area contributed by atoms with E-state index in [4.69, 9.17) is 4.74 Å². The number of likely N-dealkylation sites (N-methyl/N-ethyl adjacent to an activating group) is 1. The smallest absolute Gasteiger partial charge is 0.239 e. The maximum absolute atomic E-state index is 11.1. The molecule has 5 nitrogen and oxygen atoms in total. The van der Waals surface area contributed by atoms with E-state index in [2.05, 4.69) is 15.6 Å². The number of nitrogens with one attached hydrogen (secondary N) is 2. The molecule has 0 saturated carbocycles. The third kappa shape index (κ3) is 2.89. The number of hydrogen-bond acceptors (Lipinski definition) is 5. The van der Waals surface area contributed by atoms with Gasteiger partial charge in [0.2, 0.25) is 5.91 Å². The van der Waals surface area contributed by atoms with Gasteiger partial charge >= 0.3 is 0 Å². The summed E-state index contributed by atoms with van der Waals surface area (Å²) in [4.78, 5) is 15.5. The maximum atomic E-state index is 11.1. The van der Waals surface area contributed by atoms with Crippen molar-refractivity contribution >= 4 is 32.6 Å². The first-order valence-corrected chi connectivity index (χ1v) is 6.52. The number of fused-ring (bicyclic) bond motifs is 1. The molecule has 6 heteroatoms. The van der Waals surface area contributed by atoms with Crippen LogP contribution in [-0.4, -0.2) is 31.1 Å². The van der Waals surface area contributed by atoms with Gasteiger partial charge in [0.1, 0.15) is 5.75 Å². The third-order valence-corrected chi connectivity index (χ3v) is 3.33. The summed E-state index contributed by atoms with van der Waals surface area (Å²) in [5.74, 6) is 0.774. The summed E-state index contributed by atoms with van der Waals surface area (Å²) < 4.78 is 6.48. The molecule has 2 aromatic rings. The first-order chi connectivity index (χ1) is 8.72. The summed E-state index contributed by atoms with van der Waals surface area (Å²) in [6, 6.07) is 5.78. The van der Waals surface area contributed by atoms with Gasteiger partial charge in [-0.05, 0) is 25.1 Å². The zero-order chi connectivity index (χ0) is 13.0. The van der Waals surface area contributed by atoms with Gasteiger partial charge in [-0.1, -0.05) is 11.3 Å². The third-order valence-electron chi connectivity index (χ3n) is 2.35. The summed E-state index contributed by atoms with van der Waals surface area (Å²) in [6.45, 7) is 2.83. The number of nitrogens with zero attached hydrogens (tertiary/aromatic N) is 1. The van der Waals surface area contributed by atoms with Gasteiger partial charge in [0, 0.05) is 7.05 Å². The van der Waals surface area contributed by atoms with E-state index in [1.165, 1.54) is 11.3 Å². The van der Waals surface area contributed by atoms with Crippen molar-refractivity contribution in [3.63, 3.8) is 0 Å². The Bertz CT molecular complexity index is 553. The minimum Gasteiger partial charge on any atom is -0.494 e. The van der Waals surface area contributed by atoms with Crippen molar-refractivity contribution in [3.8, 4) is 5.75 Å². The van der Waals surface area contributed by atoms with Crippen molar-refractivity contribution in [2.75, 3.05) is 25.5 Å². The van der Waals surface area contributed by atoms with Crippen molar-refractivity contribution in [2.45, 2.75) is 6.92 Å². The zero-order valence-electron chi connectivity index (χ0n) is 10.3. The number of rotatable bonds is 5. The molecular formula is C12H15N3O2S. The molecule has 1 amide bonds. The number of anilines is 1. The van der Waals surface area contributed by atoms with Crippen molar-refractivity contribution in [2.24, 2.45) is 0 Å². The Kier molecular flexibility index (Phi) is 3.99. The normalized spacial score (nSPS) is 10.3. The number of benzene rings is 1. The molecule has 0 fully saturated rings. The highest BCUT2D eigenvalue weighted by Gasteiger charge is 2.06. The van der Waals surface area contributed by atoms with Gasteiger partial charge in [-0.3, -0.25) is 4.79 Å². The average molecular weight is 265 g/mol. The topological polar surface area (TPSA) is 63.2 Å². The Morgan fingerprint density at radius 3 is 3.06 bits per heavy atom. The van der Waals surface area contributed by atoms with E-state index in [9.17, 15) is 4.79 Å². The van der Waals surface area contributed by atoms with Gasteiger partial charge in [0.05, 0.1) is 23.4 Å². The van der Waals surface area contributed by atoms with Crippen LogP contribution in [0.3, 0.4) is 0 Å². The molecule has 18 heavy (non-hydrogen) atoms. The molecule has 2 rings (SSSR count). The number of amides is 1. The maximum Gasteiger partial charge on any atom is 0.239 e. The SMILES string of the molecule is CCOc1ccc2nc(NCC(=O)NC)sc2c1. The second-order valence-corrected chi connectivity index (χ2v) is 4.64. The van der Waals surface area contributed by atoms with Crippen LogP contribution in [0.25, 0.3) is 10.2 Å². The van der Waals surface area contributed by atoms with Gasteiger partial charge in [-0.15, -0.1) is 0 Å². The van der Waals surface area contributed by atoms with Gasteiger partial charge < -0.3 is 15.4 Å². The monoisotopic (exact) mass is 265 g/mol. The van der Waals surface area contributed by atoms with Gasteiger partial charge in [0.15, 0.2) is 5.13 Å². The molecule has 0 atom stereocenters. The molecule has 1 aromatic heterocycles. The highest BCUT2D eigenvalue weighted by atomic mass is 32.1. The van der Waals surface area contributed by atoms with E-state index in [1.807, 2.05) is 25.1 Å². The average Bonchev–Trinajstić information content (AvgIpc) is 2.78. The minimum atomic E-state index is -0.0655. The molecule has 0 bridgehead atoms. The summed E-state index contributed by atoms with van der Waals surface area (Å²) in [6.07, 6.45) is 0. The van der Waals surface area contributed by atoms with Crippen LogP contribution in [0, 0.1) is 0 Å². The van der Waals surface area contributed by atoms with E-state index < -0.39 is 0 Å². The highest BCUT2D eigenvalue weighted by molar-refractivity contribution is 7.22. The molecule has 0 radical (unpaired) electrons. The second kappa shape index (κ2) is 5.68. The predicted molar refractivity (Wildman–Crippen MR) is 73.3 cm³/mol. The number of aromatic nitrogens is 1. The number of carbonyl (C=O) groups excluding carboxylic acids is 1. The van der Waals surface area contributed by atoms with E-state index in [0.29, 0.717) is 6.61 Å². The van der Waals surface area contributed by atoms with Crippen LogP contribution in [0.4, 0.5) is 5.13 Å². The van der Waals surface area contributed by atoms with Gasteiger partial charge in [0.25, 0.3) is 0 Å². The van der Waals surface area contributed by atoms with Crippen molar-refractivity contribution in [3.05, 3.63) is 18.2 Å². The summed E-state index contributed by atoms with van der Waals surface area (Å²) in [5, 5.41) is 6.28. The Balaban J connectivity index is 2.14. The molecule has 1 aromatic carbocycles. The van der Waals surface area contributed by atoms with Gasteiger partial charge in [-0.2, -0.15) is 0 Å². The molecule has 96 valence electrons. The lowest BCUT2D eigenvalue weighted by Gasteiger charge is -2.00. The van der Waals surface area contributed by atoms with Crippen LogP contribution >= 0.6 is 11.3 Å². The standard InChI is InChI=1S/C12H15N3O2S/c1-3-17-8-4-5-9-10(6-8)18-12(15-9)14-7-11(16)13-2/h4-6H,3,7H2,1-2H3,(H,13,16)(H,14,15). The van der Waals surface area contributed by atoms with Crippen LogP contribution in [0.1, 0.15) is 6.92 Å². The van der Waals surface area contributed by atoms with E-state index >= 15 is 0 Å². The summed E-state index contributed by atoms with van der Waals surface area (Å²) in [5.41, 5.74) is 0.905. The van der Waals surface area contributed by atoms with E-state index in [1.54, 1.807) is 7.05 Å². The van der Waals surface area contributed by atoms with Crippen LogP contribution in [0.5, 0.6) is 5.75 Å². The zero-order valence-corrected chi connectivity index (χ0v) is 11.1. The minimum absolute atomic E-state index is 0.0655. The largest absolute Gasteiger partial charge is 0.494 e. The number of ether oxygens (including phenoxy) is 1. The highest BCUT2D eigenvalue weighted by Crippen LogP contribution is 2.29. The first-order valence-electron chi connectivity index (χ1n) is 5.70. The molecule has 0 saturated heterocycles. The second-order valence-electron chi connectivity index (χ2n) is 3.61. The Hall–Kier alpha value is -1.82. The molecule has 0 aliphatic heterocycles. The van der Waals surface area contributed by atoms with Crippen molar-refractivity contribution < 1.29 is 9.53 Å². The van der Waals surface area contributed by atoms with Crippen LogP contribution in [0.15, 0.2) is 18.2 Å². The quantitative estimate of drug-likeness (QED) is 0.866. The lowest BCUT2D eigenvalue weighted by atomic mass is 10.3. The molecule has 0 aliphatic rings. The summed E-state index contributed by atoms with van der Waals surface area (Å²) >= 11 is 1.51. The molecule has 0 unspecified atom stereocenters. The number of thiazole rings is 1. The van der Waals surface area contributed by atoms with E-state index in [0.717, 1.165) is 21.1 Å². The first kappa shape index (κ1) is 12.6. The fraction of sp³-hybridized carbons (Fsp3) is 0.333. The fourth-order valence-corrected chi connectivity index (χ4v) is 2.37. The van der Waals surface area contributed by atoms with E-state index in [-0.39, 0.29) is 12.5 Å². The number of carbonyl (C=O) groups is 1. The summed E-state index contributed by atoms with van der Waals surface area (Å²) in [7, 11) is 1.61. The fourth-order valence-electron chi connectivity index (χ4n) is 1.48. The Morgan fingerprint density at radius 1 is 1.50 bits per heavy atom. The molecule has 2 N–H and O–H groups in total.